The molecule has 1 heterocycles. The Hall–Kier alpha value is -3.25. The Morgan fingerprint density at radius 2 is 1.17 bits per heavy atom. The molecule has 3 aromatic carbocycles. The van der Waals surface area contributed by atoms with Gasteiger partial charge in [-0.1, -0.05) is 72.8 Å². The van der Waals surface area contributed by atoms with Gasteiger partial charge in [-0.2, -0.15) is 13.2 Å². The van der Waals surface area contributed by atoms with E-state index in [-0.39, 0.29) is 0 Å². The molecule has 0 bridgehead atoms. The second-order valence-corrected chi connectivity index (χ2v) is 6.74. The fraction of sp³-hybridized carbons (Fsp3) is 0.130. The average molecular weight is 396 g/mol. The van der Waals surface area contributed by atoms with Crippen LogP contribution in [0.15, 0.2) is 84.9 Å². The van der Waals surface area contributed by atoms with E-state index in [4.69, 9.17) is 4.74 Å². The molecule has 4 rings (SSSR count). The number of carbonyl (C=O) groups excluding carboxylic acids is 2. The molecule has 0 amide bonds. The van der Waals surface area contributed by atoms with E-state index in [2.05, 4.69) is 0 Å². The summed E-state index contributed by atoms with van der Waals surface area (Å²) >= 11 is 0. The van der Waals surface area contributed by atoms with Crippen LogP contribution in [0.3, 0.4) is 0 Å². The van der Waals surface area contributed by atoms with E-state index in [9.17, 15) is 22.8 Å². The summed E-state index contributed by atoms with van der Waals surface area (Å²) in [5, 5.41) is 0. The maximum Gasteiger partial charge on any atom is 0.416 e. The first kappa shape index (κ1) is 19.1. The summed E-state index contributed by atoms with van der Waals surface area (Å²) in [6, 6.07) is 20.8. The molecule has 1 aliphatic rings. The molecule has 6 heteroatoms. The molecule has 0 N–H and O–H groups in total. The number of epoxide rings is 1. The Morgan fingerprint density at radius 3 is 1.59 bits per heavy atom. The summed E-state index contributed by atoms with van der Waals surface area (Å²) in [7, 11) is 0. The number of ether oxygens (including phenoxy) is 1. The minimum Gasteiger partial charge on any atom is -0.344 e. The number of halogens is 3. The monoisotopic (exact) mass is 396 g/mol. The lowest BCUT2D eigenvalue weighted by atomic mass is 9.84. The van der Waals surface area contributed by atoms with Crippen molar-refractivity contribution in [3.63, 3.8) is 0 Å². The summed E-state index contributed by atoms with van der Waals surface area (Å²) in [5.74, 6) is -1.03. The minimum atomic E-state index is -4.47. The quantitative estimate of drug-likeness (QED) is 0.335. The van der Waals surface area contributed by atoms with Crippen LogP contribution in [0.5, 0.6) is 0 Å². The topological polar surface area (TPSA) is 46.7 Å². The van der Waals surface area contributed by atoms with E-state index in [1.165, 1.54) is 12.1 Å². The third-order valence-electron chi connectivity index (χ3n) is 4.90. The first-order valence-corrected chi connectivity index (χ1v) is 8.89. The Bertz CT molecular complexity index is 991. The van der Waals surface area contributed by atoms with Gasteiger partial charge in [-0.25, -0.2) is 0 Å². The summed E-state index contributed by atoms with van der Waals surface area (Å²) in [5.41, 5.74) is -1.66. The van der Waals surface area contributed by atoms with Crippen LogP contribution < -0.4 is 0 Å². The molecular weight excluding hydrogens is 381 g/mol. The first-order valence-electron chi connectivity index (χ1n) is 8.89. The number of hydrogen-bond acceptors (Lipinski definition) is 3. The van der Waals surface area contributed by atoms with Crippen LogP contribution in [0.4, 0.5) is 13.2 Å². The third kappa shape index (κ3) is 3.36. The fourth-order valence-electron chi connectivity index (χ4n) is 3.36. The van der Waals surface area contributed by atoms with Crippen LogP contribution in [-0.4, -0.2) is 17.2 Å². The molecule has 1 fully saturated rings. The highest BCUT2D eigenvalue weighted by molar-refractivity contribution is 6.25. The maximum atomic E-state index is 13.2. The highest BCUT2D eigenvalue weighted by Gasteiger charge is 2.68. The van der Waals surface area contributed by atoms with Crippen LogP contribution in [-0.2, 0) is 10.9 Å². The Kier molecular flexibility index (Phi) is 4.59. The number of carbonyl (C=O) groups is 2. The van der Waals surface area contributed by atoms with Crippen molar-refractivity contribution in [2.45, 2.75) is 17.9 Å². The molecule has 0 radical (unpaired) electrons. The number of rotatable bonds is 5. The van der Waals surface area contributed by atoms with Gasteiger partial charge >= 0.3 is 6.18 Å². The van der Waals surface area contributed by atoms with Crippen LogP contribution in [0, 0.1) is 0 Å². The second-order valence-electron chi connectivity index (χ2n) is 6.74. The minimum absolute atomic E-state index is 0.297. The highest BCUT2D eigenvalue weighted by Crippen LogP contribution is 2.53. The Morgan fingerprint density at radius 1 is 0.724 bits per heavy atom. The van der Waals surface area contributed by atoms with Crippen molar-refractivity contribution in [3.8, 4) is 0 Å². The molecule has 0 unspecified atom stereocenters. The molecule has 146 valence electrons. The second kappa shape index (κ2) is 6.97. The van der Waals surface area contributed by atoms with E-state index in [0.717, 1.165) is 12.1 Å². The molecule has 0 spiro atoms. The van der Waals surface area contributed by atoms with Gasteiger partial charge in [-0.15, -0.1) is 0 Å². The zero-order valence-corrected chi connectivity index (χ0v) is 15.0. The van der Waals surface area contributed by atoms with Crippen LogP contribution in [0.2, 0.25) is 0 Å². The van der Waals surface area contributed by atoms with Crippen LogP contribution >= 0.6 is 0 Å². The van der Waals surface area contributed by atoms with Gasteiger partial charge in [0.25, 0.3) is 0 Å². The summed E-state index contributed by atoms with van der Waals surface area (Å²) in [6.07, 6.45) is -5.43. The van der Waals surface area contributed by atoms with Crippen molar-refractivity contribution < 1.29 is 27.5 Å². The Labute approximate surface area is 164 Å². The van der Waals surface area contributed by atoms with Crippen molar-refractivity contribution in [1.82, 2.24) is 0 Å². The van der Waals surface area contributed by atoms with Gasteiger partial charge in [0.1, 0.15) is 6.10 Å². The normalized spacial score (nSPS) is 17.6. The number of ketones is 2. The summed E-state index contributed by atoms with van der Waals surface area (Å²) in [6.45, 7) is 0. The largest absolute Gasteiger partial charge is 0.416 e. The van der Waals surface area contributed by atoms with Crippen molar-refractivity contribution in [2.24, 2.45) is 0 Å². The predicted molar refractivity (Wildman–Crippen MR) is 99.5 cm³/mol. The molecule has 29 heavy (non-hydrogen) atoms. The van der Waals surface area contributed by atoms with Gasteiger partial charge in [-0.3, -0.25) is 9.59 Å². The van der Waals surface area contributed by atoms with Gasteiger partial charge in [-0.05, 0) is 17.7 Å². The lowest BCUT2D eigenvalue weighted by Crippen LogP contribution is -2.35. The van der Waals surface area contributed by atoms with E-state index in [0.29, 0.717) is 16.7 Å². The standard InChI is InChI=1S/C23H15F3O3/c24-23(25,26)18-13-11-17(12-14-18)21-22(29-21,19(27)15-7-3-1-4-8-15)20(28)16-9-5-2-6-10-16/h1-14,21H/t21-/m1/s1. The lowest BCUT2D eigenvalue weighted by molar-refractivity contribution is -0.137. The molecule has 1 atom stereocenters. The van der Waals surface area contributed by atoms with Gasteiger partial charge in [0.15, 0.2) is 0 Å². The van der Waals surface area contributed by atoms with Crippen molar-refractivity contribution in [2.75, 3.05) is 0 Å². The molecule has 0 aliphatic carbocycles. The smallest absolute Gasteiger partial charge is 0.344 e. The SMILES string of the molecule is O=C(c1ccccc1)C1(C(=O)c2ccccc2)O[C@@H]1c1ccc(C(F)(F)F)cc1. The summed E-state index contributed by atoms with van der Waals surface area (Å²) in [4.78, 5) is 26.5. The van der Waals surface area contributed by atoms with E-state index < -0.39 is 35.0 Å². The molecule has 0 aromatic heterocycles. The molecule has 3 nitrogen and oxygen atoms in total. The average Bonchev–Trinajstić information content (AvgIpc) is 3.50. The molecule has 3 aromatic rings. The van der Waals surface area contributed by atoms with E-state index in [1.807, 2.05) is 0 Å². The van der Waals surface area contributed by atoms with E-state index in [1.54, 1.807) is 60.7 Å². The van der Waals surface area contributed by atoms with Crippen molar-refractivity contribution >= 4 is 11.6 Å². The van der Waals surface area contributed by atoms with Crippen molar-refractivity contribution in [1.29, 1.82) is 0 Å². The number of alkyl halides is 3. The van der Waals surface area contributed by atoms with Gasteiger partial charge < -0.3 is 4.74 Å². The Balaban J connectivity index is 1.73. The molecule has 0 saturated carbocycles. The van der Waals surface area contributed by atoms with Gasteiger partial charge in [0.05, 0.1) is 5.56 Å². The van der Waals surface area contributed by atoms with Crippen molar-refractivity contribution in [3.05, 3.63) is 107 Å². The van der Waals surface area contributed by atoms with Crippen LogP contribution in [0.1, 0.15) is 37.9 Å². The summed E-state index contributed by atoms with van der Waals surface area (Å²) < 4.78 is 44.2. The highest BCUT2D eigenvalue weighted by atomic mass is 19.4. The zero-order chi connectivity index (χ0) is 20.6. The number of benzene rings is 3. The number of Topliss-reactive ketones (excluding diaryl/α,β-unsaturated/α-hetero) is 2. The third-order valence-corrected chi connectivity index (χ3v) is 4.90. The molecular formula is C23H15F3O3. The lowest BCUT2D eigenvalue weighted by Gasteiger charge is -2.12. The van der Waals surface area contributed by atoms with Gasteiger partial charge in [0.2, 0.25) is 17.2 Å². The van der Waals surface area contributed by atoms with E-state index >= 15 is 0 Å². The molecule has 1 aliphatic heterocycles. The first-order chi connectivity index (χ1) is 13.8. The predicted octanol–water partition coefficient (Wildman–Crippen LogP) is 5.28. The maximum absolute atomic E-state index is 13.2. The zero-order valence-electron chi connectivity index (χ0n) is 15.0. The molecule has 1 saturated heterocycles. The number of hydrogen-bond donors (Lipinski definition) is 0. The van der Waals surface area contributed by atoms with Crippen LogP contribution in [0.25, 0.3) is 0 Å². The fourth-order valence-corrected chi connectivity index (χ4v) is 3.36. The van der Waals surface area contributed by atoms with Gasteiger partial charge in [0, 0.05) is 11.1 Å².